The van der Waals surface area contributed by atoms with Crippen LogP contribution in [0.2, 0.25) is 0 Å². The molecule has 2 N–H and O–H groups in total. The highest BCUT2D eigenvalue weighted by Gasteiger charge is 2.27. The summed E-state index contributed by atoms with van der Waals surface area (Å²) in [6.07, 6.45) is 5.53. The highest BCUT2D eigenvalue weighted by molar-refractivity contribution is 5.76. The average molecular weight is 374 g/mol. The lowest BCUT2D eigenvalue weighted by molar-refractivity contribution is -0.122. The van der Waals surface area contributed by atoms with Gasteiger partial charge in [-0.3, -0.25) is 9.69 Å². The molecule has 5 heteroatoms. The van der Waals surface area contributed by atoms with Crippen LogP contribution in [-0.2, 0) is 4.79 Å². The second-order valence-electron chi connectivity index (χ2n) is 8.09. The van der Waals surface area contributed by atoms with Crippen molar-refractivity contribution in [3.05, 3.63) is 29.8 Å². The minimum Gasteiger partial charge on any atom is -0.496 e. The normalized spacial score (nSPS) is 23.0. The predicted octanol–water partition coefficient (Wildman–Crippen LogP) is 2.97. The van der Waals surface area contributed by atoms with E-state index in [1.54, 1.807) is 7.11 Å². The minimum atomic E-state index is 0.173. The van der Waals surface area contributed by atoms with Crippen LogP contribution >= 0.6 is 0 Å². The fourth-order valence-corrected chi connectivity index (χ4v) is 4.54. The number of benzene rings is 1. The molecule has 5 nitrogen and oxygen atoms in total. The van der Waals surface area contributed by atoms with Crippen molar-refractivity contribution in [1.82, 2.24) is 15.5 Å². The highest BCUT2D eigenvalue weighted by Crippen LogP contribution is 2.31. The molecule has 3 atom stereocenters. The molecule has 0 aliphatic carbocycles. The lowest BCUT2D eigenvalue weighted by atomic mass is 9.85. The molecule has 3 rings (SSSR count). The molecule has 2 fully saturated rings. The number of amides is 1. The summed E-state index contributed by atoms with van der Waals surface area (Å²) in [5.41, 5.74) is 1.17. The molecule has 3 unspecified atom stereocenters. The number of carbonyl (C=O) groups is 1. The largest absolute Gasteiger partial charge is 0.496 e. The molecule has 0 bridgehead atoms. The zero-order chi connectivity index (χ0) is 19.1. The Morgan fingerprint density at radius 2 is 2.07 bits per heavy atom. The molecule has 27 heavy (non-hydrogen) atoms. The van der Waals surface area contributed by atoms with Crippen molar-refractivity contribution in [2.24, 2.45) is 11.8 Å². The Bertz CT molecular complexity index is 595. The molecule has 2 aliphatic rings. The maximum absolute atomic E-state index is 12.6. The third-order valence-corrected chi connectivity index (χ3v) is 6.22. The van der Waals surface area contributed by atoms with E-state index in [4.69, 9.17) is 4.74 Å². The van der Waals surface area contributed by atoms with Crippen molar-refractivity contribution in [3.63, 3.8) is 0 Å². The van der Waals surface area contributed by atoms with Gasteiger partial charge in [0.15, 0.2) is 0 Å². The van der Waals surface area contributed by atoms with Gasteiger partial charge in [-0.2, -0.15) is 0 Å². The number of nitrogens with one attached hydrogen (secondary N) is 2. The topological polar surface area (TPSA) is 53.6 Å². The molecule has 1 aromatic rings. The number of hydrogen-bond acceptors (Lipinski definition) is 4. The van der Waals surface area contributed by atoms with Crippen molar-refractivity contribution in [2.45, 2.75) is 45.1 Å². The van der Waals surface area contributed by atoms with E-state index in [0.29, 0.717) is 24.8 Å². The molecule has 0 radical (unpaired) electrons. The van der Waals surface area contributed by atoms with Crippen molar-refractivity contribution in [2.75, 3.05) is 39.8 Å². The first-order valence-corrected chi connectivity index (χ1v) is 10.5. The smallest absolute Gasteiger partial charge is 0.220 e. The molecular weight excluding hydrogens is 338 g/mol. The number of methoxy groups -OCH3 is 1. The van der Waals surface area contributed by atoms with Crippen molar-refractivity contribution >= 4 is 5.91 Å². The van der Waals surface area contributed by atoms with E-state index in [1.165, 1.54) is 31.2 Å². The van der Waals surface area contributed by atoms with Gasteiger partial charge in [-0.25, -0.2) is 0 Å². The highest BCUT2D eigenvalue weighted by atomic mass is 16.5. The van der Waals surface area contributed by atoms with Gasteiger partial charge in [-0.15, -0.1) is 0 Å². The first kappa shape index (κ1) is 20.2. The van der Waals surface area contributed by atoms with Gasteiger partial charge in [0, 0.05) is 18.5 Å². The van der Waals surface area contributed by atoms with Crippen LogP contribution in [-0.4, -0.2) is 50.6 Å². The third-order valence-electron chi connectivity index (χ3n) is 6.22. The van der Waals surface area contributed by atoms with E-state index < -0.39 is 0 Å². The molecule has 0 spiro atoms. The van der Waals surface area contributed by atoms with Gasteiger partial charge in [0.05, 0.1) is 13.2 Å². The van der Waals surface area contributed by atoms with Crippen LogP contribution in [0.15, 0.2) is 24.3 Å². The third kappa shape index (κ3) is 5.45. The van der Waals surface area contributed by atoms with Gasteiger partial charge in [-0.05, 0) is 69.8 Å². The van der Waals surface area contributed by atoms with E-state index in [9.17, 15) is 4.79 Å². The Morgan fingerprint density at radius 3 is 2.78 bits per heavy atom. The quantitative estimate of drug-likeness (QED) is 0.736. The van der Waals surface area contributed by atoms with Gasteiger partial charge in [0.2, 0.25) is 5.91 Å². The van der Waals surface area contributed by atoms with E-state index in [2.05, 4.69) is 34.6 Å². The van der Waals surface area contributed by atoms with Crippen molar-refractivity contribution in [1.29, 1.82) is 0 Å². The number of piperidine rings is 1. The monoisotopic (exact) mass is 373 g/mol. The number of carbonyl (C=O) groups excluding carboxylic acids is 1. The average Bonchev–Trinajstić information content (AvgIpc) is 3.23. The number of hydrogen-bond donors (Lipinski definition) is 2. The first-order valence-electron chi connectivity index (χ1n) is 10.5. The number of ether oxygens (including phenoxy) is 1. The molecule has 150 valence electrons. The van der Waals surface area contributed by atoms with E-state index in [-0.39, 0.29) is 11.9 Å². The predicted molar refractivity (Wildman–Crippen MR) is 109 cm³/mol. The fraction of sp³-hybridized carbons (Fsp3) is 0.682. The number of nitrogens with zero attached hydrogens (tertiary/aromatic N) is 1. The van der Waals surface area contributed by atoms with Crippen LogP contribution in [0.4, 0.5) is 0 Å². The van der Waals surface area contributed by atoms with Crippen LogP contribution in [0.5, 0.6) is 5.75 Å². The molecule has 1 aromatic carbocycles. The fourth-order valence-electron chi connectivity index (χ4n) is 4.54. The van der Waals surface area contributed by atoms with E-state index in [1.807, 2.05) is 12.1 Å². The maximum Gasteiger partial charge on any atom is 0.220 e. The summed E-state index contributed by atoms with van der Waals surface area (Å²) in [5.74, 6) is 2.12. The van der Waals surface area contributed by atoms with Gasteiger partial charge >= 0.3 is 0 Å². The summed E-state index contributed by atoms with van der Waals surface area (Å²) < 4.78 is 5.59. The maximum atomic E-state index is 12.6. The van der Waals surface area contributed by atoms with E-state index >= 15 is 0 Å². The van der Waals surface area contributed by atoms with Gasteiger partial charge in [0.1, 0.15) is 5.75 Å². The van der Waals surface area contributed by atoms with Crippen LogP contribution in [0.25, 0.3) is 0 Å². The summed E-state index contributed by atoms with van der Waals surface area (Å²) >= 11 is 0. The van der Waals surface area contributed by atoms with Crippen molar-refractivity contribution < 1.29 is 9.53 Å². The zero-order valence-electron chi connectivity index (χ0n) is 16.9. The van der Waals surface area contributed by atoms with Crippen LogP contribution in [0.3, 0.4) is 0 Å². The van der Waals surface area contributed by atoms with Crippen molar-refractivity contribution in [3.8, 4) is 5.75 Å². The van der Waals surface area contributed by atoms with E-state index in [0.717, 1.165) is 31.9 Å². The standard InChI is InChI=1S/C22H35N3O2/c1-17(18-8-7-11-23-15-18)14-22(26)24-16-20(25-12-5-6-13-25)19-9-3-4-10-21(19)27-2/h3-4,9-10,17-18,20,23H,5-8,11-16H2,1-2H3,(H,24,26). The molecule has 2 aliphatic heterocycles. The molecular formula is C22H35N3O2. The number of likely N-dealkylation sites (tertiary alicyclic amines) is 1. The first-order chi connectivity index (χ1) is 13.2. The second-order valence-corrected chi connectivity index (χ2v) is 8.09. The Hall–Kier alpha value is -1.59. The van der Waals surface area contributed by atoms with Gasteiger partial charge in [-0.1, -0.05) is 25.1 Å². The summed E-state index contributed by atoms with van der Waals surface area (Å²) in [4.78, 5) is 15.1. The minimum absolute atomic E-state index is 0.173. The van der Waals surface area contributed by atoms with Crippen LogP contribution in [0, 0.1) is 11.8 Å². The molecule has 2 saturated heterocycles. The summed E-state index contributed by atoms with van der Waals surface area (Å²) in [6, 6.07) is 8.38. The summed E-state index contributed by atoms with van der Waals surface area (Å²) in [5, 5.41) is 6.68. The number of rotatable bonds is 8. The Labute approximate surface area is 163 Å². The van der Waals surface area contributed by atoms with Crippen LogP contribution < -0.4 is 15.4 Å². The molecule has 1 amide bonds. The number of para-hydroxylation sites is 1. The summed E-state index contributed by atoms with van der Waals surface area (Å²) in [7, 11) is 1.72. The molecule has 0 saturated carbocycles. The lowest BCUT2D eigenvalue weighted by Crippen LogP contribution is -2.39. The molecule has 2 heterocycles. The second kappa shape index (κ2) is 10.1. The zero-order valence-corrected chi connectivity index (χ0v) is 16.9. The lowest BCUT2D eigenvalue weighted by Gasteiger charge is -2.30. The Kier molecular flexibility index (Phi) is 7.53. The van der Waals surface area contributed by atoms with Crippen LogP contribution in [0.1, 0.15) is 50.6 Å². The Morgan fingerprint density at radius 1 is 1.30 bits per heavy atom. The van der Waals surface area contributed by atoms with Gasteiger partial charge < -0.3 is 15.4 Å². The van der Waals surface area contributed by atoms with Gasteiger partial charge in [0.25, 0.3) is 0 Å². The molecule has 0 aromatic heterocycles. The Balaban J connectivity index is 1.59. The SMILES string of the molecule is COc1ccccc1C(CNC(=O)CC(C)C1CCCNC1)N1CCCC1. The summed E-state index contributed by atoms with van der Waals surface area (Å²) in [6.45, 7) is 7.20.